The lowest BCUT2D eigenvalue weighted by Crippen LogP contribution is -2.49. The quantitative estimate of drug-likeness (QED) is 0.510. The van der Waals surface area contributed by atoms with E-state index < -0.39 is 17.6 Å². The Labute approximate surface area is 105 Å². The van der Waals surface area contributed by atoms with Gasteiger partial charge in [0.15, 0.2) is 0 Å². The van der Waals surface area contributed by atoms with Crippen LogP contribution in [0.5, 0.6) is 0 Å². The fourth-order valence-electron chi connectivity index (χ4n) is 2.65. The minimum Gasteiger partial charge on any atom is -0.468 e. The third-order valence-electron chi connectivity index (χ3n) is 3.45. The van der Waals surface area contributed by atoms with Crippen molar-refractivity contribution >= 4 is 17.9 Å². The van der Waals surface area contributed by atoms with Gasteiger partial charge in [0.2, 0.25) is 0 Å². The standard InChI is InChI=1S/C11H17N3O4/c1-3-4-14-6-11(5-7(14)8(15)18-2)9(16)12-10(17)13-11/h7H,3-6H2,1-2H3,(H2,12,13,16,17)/t7-,11-/m0/s1. The number of urea groups is 1. The number of hydrogen-bond acceptors (Lipinski definition) is 5. The predicted octanol–water partition coefficient (Wildman–Crippen LogP) is -0.778. The summed E-state index contributed by atoms with van der Waals surface area (Å²) >= 11 is 0. The summed E-state index contributed by atoms with van der Waals surface area (Å²) in [6.07, 6.45) is 1.12. The molecule has 7 nitrogen and oxygen atoms in total. The maximum Gasteiger partial charge on any atom is 0.323 e. The first-order valence-corrected chi connectivity index (χ1v) is 5.98. The first kappa shape index (κ1) is 12.8. The molecule has 2 atom stereocenters. The number of likely N-dealkylation sites (tertiary alicyclic amines) is 1. The molecule has 2 fully saturated rings. The number of hydrogen-bond donors (Lipinski definition) is 2. The average Bonchev–Trinajstić information content (AvgIpc) is 2.81. The van der Waals surface area contributed by atoms with E-state index in [1.165, 1.54) is 7.11 Å². The van der Waals surface area contributed by atoms with Gasteiger partial charge >= 0.3 is 12.0 Å². The van der Waals surface area contributed by atoms with Gasteiger partial charge in [0, 0.05) is 13.0 Å². The number of carbonyl (C=O) groups excluding carboxylic acids is 3. The van der Waals surface area contributed by atoms with Crippen LogP contribution in [0.1, 0.15) is 19.8 Å². The monoisotopic (exact) mass is 255 g/mol. The van der Waals surface area contributed by atoms with Crippen molar-refractivity contribution in [1.82, 2.24) is 15.5 Å². The van der Waals surface area contributed by atoms with Crippen LogP contribution in [0, 0.1) is 0 Å². The third kappa shape index (κ3) is 1.94. The Morgan fingerprint density at radius 3 is 2.78 bits per heavy atom. The highest BCUT2D eigenvalue weighted by molar-refractivity contribution is 6.07. The van der Waals surface area contributed by atoms with Crippen LogP contribution in [0.4, 0.5) is 4.79 Å². The second-order valence-corrected chi connectivity index (χ2v) is 4.70. The molecule has 2 saturated heterocycles. The van der Waals surface area contributed by atoms with Crippen LogP contribution in [0.3, 0.4) is 0 Å². The summed E-state index contributed by atoms with van der Waals surface area (Å²) in [6, 6.07) is -0.971. The Hall–Kier alpha value is -1.63. The van der Waals surface area contributed by atoms with Crippen LogP contribution in [-0.4, -0.2) is 54.6 Å². The molecule has 2 rings (SSSR count). The second-order valence-electron chi connectivity index (χ2n) is 4.70. The Morgan fingerprint density at radius 1 is 1.56 bits per heavy atom. The molecule has 18 heavy (non-hydrogen) atoms. The first-order valence-electron chi connectivity index (χ1n) is 5.98. The largest absolute Gasteiger partial charge is 0.468 e. The van der Waals surface area contributed by atoms with Gasteiger partial charge in [-0.2, -0.15) is 0 Å². The number of imide groups is 1. The van der Waals surface area contributed by atoms with E-state index in [-0.39, 0.29) is 18.3 Å². The van der Waals surface area contributed by atoms with Crippen LogP contribution >= 0.6 is 0 Å². The maximum atomic E-state index is 11.8. The molecule has 2 aliphatic heterocycles. The second kappa shape index (κ2) is 4.56. The highest BCUT2D eigenvalue weighted by atomic mass is 16.5. The van der Waals surface area contributed by atoms with Gasteiger partial charge in [-0.1, -0.05) is 6.92 Å². The summed E-state index contributed by atoms with van der Waals surface area (Å²) in [4.78, 5) is 36.7. The number of carbonyl (C=O) groups is 3. The summed E-state index contributed by atoms with van der Waals surface area (Å²) in [6.45, 7) is 3.02. The third-order valence-corrected chi connectivity index (χ3v) is 3.45. The Balaban J connectivity index is 2.21. The minimum absolute atomic E-state index is 0.261. The van der Waals surface area contributed by atoms with Gasteiger partial charge in [-0.3, -0.25) is 19.8 Å². The molecule has 0 saturated carbocycles. The lowest BCUT2D eigenvalue weighted by Gasteiger charge is -2.21. The molecule has 0 bridgehead atoms. The van der Waals surface area contributed by atoms with E-state index in [2.05, 4.69) is 10.6 Å². The van der Waals surface area contributed by atoms with E-state index >= 15 is 0 Å². The molecule has 7 heteroatoms. The van der Waals surface area contributed by atoms with Crippen LogP contribution < -0.4 is 10.6 Å². The molecule has 3 amide bonds. The van der Waals surface area contributed by atoms with E-state index in [1.807, 2.05) is 11.8 Å². The van der Waals surface area contributed by atoms with Gasteiger partial charge in [0.05, 0.1) is 7.11 Å². The number of ether oxygens (including phenoxy) is 1. The van der Waals surface area contributed by atoms with Crippen molar-refractivity contribution in [1.29, 1.82) is 0 Å². The SMILES string of the molecule is CCCN1C[C@]2(C[C@H]1C(=O)OC)NC(=O)NC2=O. The fourth-order valence-corrected chi connectivity index (χ4v) is 2.65. The molecule has 2 aliphatic rings. The van der Waals surface area contributed by atoms with Crippen LogP contribution in [0.2, 0.25) is 0 Å². The zero-order valence-electron chi connectivity index (χ0n) is 10.5. The Kier molecular flexibility index (Phi) is 3.25. The minimum atomic E-state index is -0.981. The molecule has 0 aliphatic carbocycles. The van der Waals surface area contributed by atoms with Gasteiger partial charge in [-0.15, -0.1) is 0 Å². The van der Waals surface area contributed by atoms with Crippen LogP contribution in [0.25, 0.3) is 0 Å². The molecular formula is C11H17N3O4. The maximum absolute atomic E-state index is 11.8. The smallest absolute Gasteiger partial charge is 0.323 e. The number of esters is 1. The molecule has 0 radical (unpaired) electrons. The zero-order chi connectivity index (χ0) is 13.3. The molecule has 100 valence electrons. The van der Waals surface area contributed by atoms with Gasteiger partial charge in [0.1, 0.15) is 11.6 Å². The Bertz CT molecular complexity index is 398. The van der Waals surface area contributed by atoms with Gasteiger partial charge < -0.3 is 10.1 Å². The summed E-state index contributed by atoms with van der Waals surface area (Å²) in [7, 11) is 1.32. The molecular weight excluding hydrogens is 238 g/mol. The van der Waals surface area contributed by atoms with Crippen molar-refractivity contribution in [2.24, 2.45) is 0 Å². The molecule has 0 unspecified atom stereocenters. The van der Waals surface area contributed by atoms with Crippen molar-refractivity contribution in [3.05, 3.63) is 0 Å². The van der Waals surface area contributed by atoms with E-state index in [0.29, 0.717) is 13.1 Å². The predicted molar refractivity (Wildman–Crippen MR) is 61.7 cm³/mol. The van der Waals surface area contributed by atoms with Gasteiger partial charge in [-0.05, 0) is 13.0 Å². The van der Waals surface area contributed by atoms with Gasteiger partial charge in [-0.25, -0.2) is 4.79 Å². The van der Waals surface area contributed by atoms with Crippen LogP contribution in [-0.2, 0) is 14.3 Å². The molecule has 0 aromatic heterocycles. The normalized spacial score (nSPS) is 31.6. The topological polar surface area (TPSA) is 87.7 Å². The highest BCUT2D eigenvalue weighted by Crippen LogP contribution is 2.30. The molecule has 1 spiro atoms. The van der Waals surface area contributed by atoms with E-state index in [9.17, 15) is 14.4 Å². The van der Waals surface area contributed by atoms with Crippen LogP contribution in [0.15, 0.2) is 0 Å². The lowest BCUT2D eigenvalue weighted by atomic mass is 9.96. The lowest BCUT2D eigenvalue weighted by molar-refractivity contribution is -0.145. The summed E-state index contributed by atoms with van der Waals surface area (Å²) in [5, 5.41) is 4.85. The average molecular weight is 255 g/mol. The van der Waals surface area contributed by atoms with Crippen molar-refractivity contribution in [2.45, 2.75) is 31.3 Å². The Morgan fingerprint density at radius 2 is 2.28 bits per heavy atom. The molecule has 0 aromatic rings. The number of methoxy groups -OCH3 is 1. The number of rotatable bonds is 3. The van der Waals surface area contributed by atoms with E-state index in [0.717, 1.165) is 6.42 Å². The number of nitrogens with one attached hydrogen (secondary N) is 2. The molecule has 2 heterocycles. The summed E-state index contributed by atoms with van der Waals surface area (Å²) in [5.41, 5.74) is -0.981. The molecule has 0 aromatic carbocycles. The summed E-state index contributed by atoms with van der Waals surface area (Å²) in [5.74, 6) is -0.728. The highest BCUT2D eigenvalue weighted by Gasteiger charge is 2.55. The van der Waals surface area contributed by atoms with Crippen molar-refractivity contribution in [2.75, 3.05) is 20.2 Å². The zero-order valence-corrected chi connectivity index (χ0v) is 10.5. The van der Waals surface area contributed by atoms with Gasteiger partial charge in [0.25, 0.3) is 5.91 Å². The fraction of sp³-hybridized carbons (Fsp3) is 0.727. The number of amides is 3. The van der Waals surface area contributed by atoms with Crippen molar-refractivity contribution in [3.63, 3.8) is 0 Å². The van der Waals surface area contributed by atoms with Crippen molar-refractivity contribution < 1.29 is 19.1 Å². The number of nitrogens with zero attached hydrogens (tertiary/aromatic N) is 1. The first-order chi connectivity index (χ1) is 8.52. The van der Waals surface area contributed by atoms with E-state index in [4.69, 9.17) is 4.74 Å². The molecule has 2 N–H and O–H groups in total. The van der Waals surface area contributed by atoms with E-state index in [1.54, 1.807) is 0 Å². The summed E-state index contributed by atoms with van der Waals surface area (Å²) < 4.78 is 4.75. The van der Waals surface area contributed by atoms with Crippen molar-refractivity contribution in [3.8, 4) is 0 Å².